The highest BCUT2D eigenvalue weighted by atomic mass is 79.9. The van der Waals surface area contributed by atoms with Crippen molar-refractivity contribution < 1.29 is 9.18 Å². The Kier molecular flexibility index (Phi) is 5.20. The highest BCUT2D eigenvalue weighted by Gasteiger charge is 2.05. The minimum atomic E-state index is -0.275. The van der Waals surface area contributed by atoms with Crippen molar-refractivity contribution in [3.63, 3.8) is 0 Å². The Morgan fingerprint density at radius 2 is 1.95 bits per heavy atom. The van der Waals surface area contributed by atoms with Crippen LogP contribution in [0, 0.1) is 12.7 Å². The third-order valence-corrected chi connectivity index (χ3v) is 4.51. The molecule has 1 N–H and O–H groups in total. The molecule has 0 radical (unpaired) electrons. The highest BCUT2D eigenvalue weighted by molar-refractivity contribution is 9.10. The highest BCUT2D eigenvalue weighted by Crippen LogP contribution is 2.22. The van der Waals surface area contributed by atoms with Crippen LogP contribution in [0.15, 0.2) is 51.8 Å². The number of thioether (sulfide) groups is 1. The molecule has 0 fully saturated rings. The molecule has 0 atom stereocenters. The van der Waals surface area contributed by atoms with Crippen LogP contribution in [0.4, 0.5) is 10.1 Å². The van der Waals surface area contributed by atoms with Crippen LogP contribution in [0.25, 0.3) is 0 Å². The van der Waals surface area contributed by atoms with Crippen molar-refractivity contribution in [2.24, 2.45) is 0 Å². The summed E-state index contributed by atoms with van der Waals surface area (Å²) < 4.78 is 13.7. The van der Waals surface area contributed by atoms with Crippen molar-refractivity contribution in [3.05, 3.63) is 58.3 Å². The molecule has 2 nitrogen and oxygen atoms in total. The average Bonchev–Trinajstić information content (AvgIpc) is 2.42. The lowest BCUT2D eigenvalue weighted by Crippen LogP contribution is -2.13. The van der Waals surface area contributed by atoms with Crippen molar-refractivity contribution >= 4 is 39.3 Å². The summed E-state index contributed by atoms with van der Waals surface area (Å²) in [7, 11) is 0. The zero-order chi connectivity index (χ0) is 14.5. The van der Waals surface area contributed by atoms with Crippen LogP contribution in [-0.4, -0.2) is 11.7 Å². The van der Waals surface area contributed by atoms with Gasteiger partial charge in [-0.3, -0.25) is 4.79 Å². The van der Waals surface area contributed by atoms with E-state index in [0.717, 1.165) is 20.6 Å². The standard InChI is InChI=1S/C15H13BrFNOS/c1-10-2-5-12(8-14(10)16)18-15(19)9-20-13-6-3-11(17)4-7-13/h2-8H,9H2,1H3,(H,18,19). The van der Waals surface area contributed by atoms with E-state index in [2.05, 4.69) is 21.2 Å². The van der Waals surface area contributed by atoms with E-state index in [1.807, 2.05) is 25.1 Å². The number of amides is 1. The Bertz CT molecular complexity index is 616. The molecule has 0 aliphatic carbocycles. The second-order valence-electron chi connectivity index (χ2n) is 4.25. The van der Waals surface area contributed by atoms with Gasteiger partial charge in [0.2, 0.25) is 5.91 Å². The number of carbonyl (C=O) groups is 1. The van der Waals surface area contributed by atoms with Gasteiger partial charge in [0, 0.05) is 15.1 Å². The molecule has 0 aromatic heterocycles. The fourth-order valence-corrected chi connectivity index (χ4v) is 2.62. The SMILES string of the molecule is Cc1ccc(NC(=O)CSc2ccc(F)cc2)cc1Br. The van der Waals surface area contributed by atoms with Gasteiger partial charge in [-0.25, -0.2) is 4.39 Å². The molecule has 0 heterocycles. The smallest absolute Gasteiger partial charge is 0.234 e. The summed E-state index contributed by atoms with van der Waals surface area (Å²) in [6, 6.07) is 11.8. The second-order valence-corrected chi connectivity index (χ2v) is 6.16. The number of rotatable bonds is 4. The molecule has 0 unspecified atom stereocenters. The van der Waals surface area contributed by atoms with Crippen LogP contribution in [0.2, 0.25) is 0 Å². The Hall–Kier alpha value is -1.33. The van der Waals surface area contributed by atoms with E-state index in [4.69, 9.17) is 0 Å². The van der Waals surface area contributed by atoms with Gasteiger partial charge in [0.25, 0.3) is 0 Å². The van der Waals surface area contributed by atoms with Gasteiger partial charge in [-0.15, -0.1) is 11.8 Å². The molecule has 1 amide bonds. The van der Waals surface area contributed by atoms with Gasteiger partial charge in [-0.2, -0.15) is 0 Å². The molecule has 2 aromatic rings. The number of halogens is 2. The summed E-state index contributed by atoms with van der Waals surface area (Å²) in [5.41, 5.74) is 1.87. The van der Waals surface area contributed by atoms with Crippen LogP contribution in [-0.2, 0) is 4.79 Å². The molecule has 0 saturated carbocycles. The van der Waals surface area contributed by atoms with Crippen LogP contribution < -0.4 is 5.32 Å². The molecule has 104 valence electrons. The van der Waals surface area contributed by atoms with Crippen molar-refractivity contribution in [1.82, 2.24) is 0 Å². The van der Waals surface area contributed by atoms with Gasteiger partial charge in [-0.1, -0.05) is 22.0 Å². The number of aryl methyl sites for hydroxylation is 1. The normalized spacial score (nSPS) is 10.3. The molecule has 0 aliphatic rings. The number of anilines is 1. The minimum absolute atomic E-state index is 0.0879. The fraction of sp³-hybridized carbons (Fsp3) is 0.133. The lowest BCUT2D eigenvalue weighted by atomic mass is 10.2. The van der Waals surface area contributed by atoms with Crippen LogP contribution in [0.5, 0.6) is 0 Å². The number of benzene rings is 2. The molecule has 2 rings (SSSR count). The number of carbonyl (C=O) groups excluding carboxylic acids is 1. The Balaban J connectivity index is 1.89. The lowest BCUT2D eigenvalue weighted by molar-refractivity contribution is -0.113. The first-order valence-electron chi connectivity index (χ1n) is 5.99. The summed E-state index contributed by atoms with van der Waals surface area (Å²) >= 11 is 4.80. The predicted octanol–water partition coefficient (Wildman–Crippen LogP) is 4.63. The van der Waals surface area contributed by atoms with Crippen molar-refractivity contribution in [2.45, 2.75) is 11.8 Å². The third-order valence-electron chi connectivity index (χ3n) is 2.64. The van der Waals surface area contributed by atoms with E-state index in [1.165, 1.54) is 23.9 Å². The number of hydrogen-bond donors (Lipinski definition) is 1. The molecule has 5 heteroatoms. The Labute approximate surface area is 129 Å². The molecule has 0 aliphatic heterocycles. The molecule has 0 saturated heterocycles. The molecule has 20 heavy (non-hydrogen) atoms. The molecular weight excluding hydrogens is 341 g/mol. The zero-order valence-electron chi connectivity index (χ0n) is 10.8. The van der Waals surface area contributed by atoms with E-state index >= 15 is 0 Å². The maximum atomic E-state index is 12.8. The van der Waals surface area contributed by atoms with Crippen molar-refractivity contribution in [3.8, 4) is 0 Å². The Morgan fingerprint density at radius 3 is 2.60 bits per heavy atom. The van der Waals surface area contributed by atoms with Crippen molar-refractivity contribution in [2.75, 3.05) is 11.1 Å². The monoisotopic (exact) mass is 353 g/mol. The largest absolute Gasteiger partial charge is 0.325 e. The number of nitrogens with one attached hydrogen (secondary N) is 1. The first-order chi connectivity index (χ1) is 9.54. The van der Waals surface area contributed by atoms with Crippen molar-refractivity contribution in [1.29, 1.82) is 0 Å². The summed E-state index contributed by atoms with van der Waals surface area (Å²) in [6.07, 6.45) is 0. The molecular formula is C15H13BrFNOS. The lowest BCUT2D eigenvalue weighted by Gasteiger charge is -2.07. The van der Waals surface area contributed by atoms with Gasteiger partial charge in [0.05, 0.1) is 5.75 Å². The van der Waals surface area contributed by atoms with Gasteiger partial charge < -0.3 is 5.32 Å². The van der Waals surface area contributed by atoms with E-state index in [-0.39, 0.29) is 17.5 Å². The van der Waals surface area contributed by atoms with Crippen LogP contribution in [0.3, 0.4) is 0 Å². The average molecular weight is 354 g/mol. The van der Waals surface area contributed by atoms with E-state index in [1.54, 1.807) is 12.1 Å². The van der Waals surface area contributed by atoms with Crippen LogP contribution >= 0.6 is 27.7 Å². The summed E-state index contributed by atoms with van der Waals surface area (Å²) in [5.74, 6) is -0.0738. The zero-order valence-corrected chi connectivity index (χ0v) is 13.2. The quantitative estimate of drug-likeness (QED) is 0.812. The topological polar surface area (TPSA) is 29.1 Å². The summed E-state index contributed by atoms with van der Waals surface area (Å²) in [6.45, 7) is 1.99. The third kappa shape index (κ3) is 4.35. The molecule has 0 bridgehead atoms. The van der Waals surface area contributed by atoms with Gasteiger partial charge in [0.1, 0.15) is 5.82 Å². The second kappa shape index (κ2) is 6.90. The van der Waals surface area contributed by atoms with Gasteiger partial charge in [-0.05, 0) is 48.9 Å². The summed E-state index contributed by atoms with van der Waals surface area (Å²) in [5, 5.41) is 2.83. The number of hydrogen-bond acceptors (Lipinski definition) is 2. The van der Waals surface area contributed by atoms with Crippen LogP contribution in [0.1, 0.15) is 5.56 Å². The fourth-order valence-electron chi connectivity index (χ4n) is 1.55. The van der Waals surface area contributed by atoms with E-state index in [0.29, 0.717) is 0 Å². The first-order valence-corrected chi connectivity index (χ1v) is 7.77. The maximum Gasteiger partial charge on any atom is 0.234 e. The van der Waals surface area contributed by atoms with Gasteiger partial charge >= 0.3 is 0 Å². The minimum Gasteiger partial charge on any atom is -0.325 e. The van der Waals surface area contributed by atoms with E-state index < -0.39 is 0 Å². The first kappa shape index (κ1) is 15.1. The predicted molar refractivity (Wildman–Crippen MR) is 84.6 cm³/mol. The van der Waals surface area contributed by atoms with E-state index in [9.17, 15) is 9.18 Å². The Morgan fingerprint density at radius 1 is 1.25 bits per heavy atom. The maximum absolute atomic E-state index is 12.8. The van der Waals surface area contributed by atoms with Gasteiger partial charge in [0.15, 0.2) is 0 Å². The molecule has 0 spiro atoms. The summed E-state index contributed by atoms with van der Waals surface area (Å²) in [4.78, 5) is 12.7. The molecule has 2 aromatic carbocycles.